The highest BCUT2D eigenvalue weighted by molar-refractivity contribution is 6.06. The van der Waals surface area contributed by atoms with Crippen LogP contribution in [0.15, 0.2) is 36.5 Å². The first-order valence-corrected chi connectivity index (χ1v) is 9.20. The van der Waals surface area contributed by atoms with Gasteiger partial charge in [0.1, 0.15) is 0 Å². The van der Waals surface area contributed by atoms with Gasteiger partial charge in [0.25, 0.3) is 5.91 Å². The first kappa shape index (κ1) is 20.8. The summed E-state index contributed by atoms with van der Waals surface area (Å²) < 4.78 is 42.0. The Morgan fingerprint density at radius 1 is 1.17 bits per heavy atom. The number of aryl methyl sites for hydroxylation is 1. The lowest BCUT2D eigenvalue weighted by molar-refractivity contribution is -0.137. The van der Waals surface area contributed by atoms with Gasteiger partial charge in [0.15, 0.2) is 5.65 Å². The molecule has 0 aliphatic heterocycles. The van der Waals surface area contributed by atoms with Crippen LogP contribution in [0, 0.1) is 5.41 Å². The summed E-state index contributed by atoms with van der Waals surface area (Å²) in [5.41, 5.74) is -0.408. The van der Waals surface area contributed by atoms with Crippen LogP contribution in [-0.2, 0) is 13.2 Å². The Morgan fingerprint density at radius 2 is 1.83 bits per heavy atom. The van der Waals surface area contributed by atoms with Crippen molar-refractivity contribution in [2.75, 3.05) is 0 Å². The van der Waals surface area contributed by atoms with Gasteiger partial charge in [-0.15, -0.1) is 0 Å². The zero-order valence-corrected chi connectivity index (χ0v) is 16.9. The zero-order valence-electron chi connectivity index (χ0n) is 16.9. The lowest BCUT2D eigenvalue weighted by atomic mass is 9.88. The Labute approximate surface area is 166 Å². The maximum atomic E-state index is 13.5. The first-order valence-electron chi connectivity index (χ1n) is 9.20. The Bertz CT molecular complexity index is 1060. The van der Waals surface area contributed by atoms with E-state index >= 15 is 0 Å². The van der Waals surface area contributed by atoms with Crippen LogP contribution >= 0.6 is 0 Å². The van der Waals surface area contributed by atoms with Crippen molar-refractivity contribution in [1.82, 2.24) is 20.1 Å². The molecular formula is C21H23F3N4O. The highest BCUT2D eigenvalue weighted by Gasteiger charge is 2.34. The van der Waals surface area contributed by atoms with Gasteiger partial charge in [-0.1, -0.05) is 39.0 Å². The number of aromatic nitrogens is 3. The molecule has 0 spiro atoms. The molecule has 1 amide bonds. The van der Waals surface area contributed by atoms with Crippen molar-refractivity contribution in [1.29, 1.82) is 0 Å². The fourth-order valence-electron chi connectivity index (χ4n) is 2.88. The van der Waals surface area contributed by atoms with Crippen LogP contribution in [0.2, 0.25) is 0 Å². The van der Waals surface area contributed by atoms with E-state index in [4.69, 9.17) is 0 Å². The third-order valence-electron chi connectivity index (χ3n) is 5.10. The molecule has 3 aromatic rings. The standard InChI is InChI=1S/C21H23F3N4O/c1-12(20(2,3)4)26-19(29)14-10-17(27-18-15(14)11-25-28(18)5)13-8-6-7-9-16(13)21(22,23)24/h6-12H,1-5H3,(H,26,29). The Kier molecular flexibility index (Phi) is 5.15. The van der Waals surface area contributed by atoms with E-state index in [1.165, 1.54) is 35.1 Å². The van der Waals surface area contributed by atoms with E-state index in [-0.39, 0.29) is 34.2 Å². The number of carbonyl (C=O) groups is 1. The molecule has 1 atom stereocenters. The molecule has 0 aliphatic rings. The van der Waals surface area contributed by atoms with Crippen molar-refractivity contribution in [2.24, 2.45) is 12.5 Å². The maximum Gasteiger partial charge on any atom is 0.417 e. The number of halogens is 3. The van der Waals surface area contributed by atoms with Crippen LogP contribution in [0.3, 0.4) is 0 Å². The molecule has 0 saturated carbocycles. The second kappa shape index (κ2) is 7.17. The summed E-state index contributed by atoms with van der Waals surface area (Å²) in [5.74, 6) is -0.376. The fourth-order valence-corrected chi connectivity index (χ4v) is 2.88. The Morgan fingerprint density at radius 3 is 2.45 bits per heavy atom. The molecule has 2 heterocycles. The number of rotatable bonds is 3. The summed E-state index contributed by atoms with van der Waals surface area (Å²) in [6, 6.07) is 6.45. The van der Waals surface area contributed by atoms with E-state index in [0.717, 1.165) is 6.07 Å². The van der Waals surface area contributed by atoms with Crippen LogP contribution < -0.4 is 5.32 Å². The number of nitrogens with one attached hydrogen (secondary N) is 1. The highest BCUT2D eigenvalue weighted by Crippen LogP contribution is 2.37. The van der Waals surface area contributed by atoms with Crippen molar-refractivity contribution in [3.63, 3.8) is 0 Å². The molecule has 1 aromatic carbocycles. The van der Waals surface area contributed by atoms with Crippen LogP contribution in [0.4, 0.5) is 13.2 Å². The molecule has 0 saturated heterocycles. The number of amides is 1. The SMILES string of the molecule is CC(NC(=O)c1cc(-c2ccccc2C(F)(F)F)nc2c1cnn2C)C(C)(C)C. The number of hydrogen-bond donors (Lipinski definition) is 1. The van der Waals surface area contributed by atoms with Gasteiger partial charge in [0.2, 0.25) is 0 Å². The van der Waals surface area contributed by atoms with Gasteiger partial charge in [-0.2, -0.15) is 18.3 Å². The minimum atomic E-state index is -4.54. The topological polar surface area (TPSA) is 59.8 Å². The summed E-state index contributed by atoms with van der Waals surface area (Å²) in [6.45, 7) is 7.87. The third-order valence-corrected chi connectivity index (χ3v) is 5.10. The summed E-state index contributed by atoms with van der Waals surface area (Å²) in [4.78, 5) is 17.4. The molecular weight excluding hydrogens is 381 g/mol. The second-order valence-corrected chi connectivity index (χ2v) is 8.17. The predicted octanol–water partition coefficient (Wildman–Crippen LogP) is 4.82. The minimum absolute atomic E-state index is 0.0718. The van der Waals surface area contributed by atoms with E-state index in [0.29, 0.717) is 11.0 Å². The van der Waals surface area contributed by atoms with Crippen LogP contribution in [0.25, 0.3) is 22.3 Å². The molecule has 5 nitrogen and oxygen atoms in total. The summed E-state index contributed by atoms with van der Waals surface area (Å²) in [7, 11) is 1.63. The number of alkyl halides is 3. The van der Waals surface area contributed by atoms with E-state index in [1.54, 1.807) is 7.05 Å². The molecule has 0 radical (unpaired) electrons. The van der Waals surface area contributed by atoms with E-state index in [9.17, 15) is 18.0 Å². The smallest absolute Gasteiger partial charge is 0.349 e. The van der Waals surface area contributed by atoms with Crippen LogP contribution in [0.5, 0.6) is 0 Å². The predicted molar refractivity (Wildman–Crippen MR) is 105 cm³/mol. The molecule has 0 fully saturated rings. The Balaban J connectivity index is 2.18. The number of hydrogen-bond acceptors (Lipinski definition) is 3. The molecule has 1 N–H and O–H groups in total. The van der Waals surface area contributed by atoms with Crippen molar-refractivity contribution in [3.05, 3.63) is 47.7 Å². The second-order valence-electron chi connectivity index (χ2n) is 8.17. The fraction of sp³-hybridized carbons (Fsp3) is 0.381. The van der Waals surface area contributed by atoms with Crippen molar-refractivity contribution < 1.29 is 18.0 Å². The maximum absolute atomic E-state index is 13.5. The van der Waals surface area contributed by atoms with Gasteiger partial charge in [0.05, 0.1) is 28.4 Å². The summed E-state index contributed by atoms with van der Waals surface area (Å²) in [6.07, 6.45) is -3.04. The summed E-state index contributed by atoms with van der Waals surface area (Å²) in [5, 5.41) is 7.55. The number of pyridine rings is 1. The molecule has 0 bridgehead atoms. The molecule has 154 valence electrons. The van der Waals surface area contributed by atoms with E-state index < -0.39 is 11.7 Å². The average molecular weight is 404 g/mol. The quantitative estimate of drug-likeness (QED) is 0.681. The van der Waals surface area contributed by atoms with E-state index in [1.807, 2.05) is 27.7 Å². The first-order chi connectivity index (χ1) is 13.4. The van der Waals surface area contributed by atoms with Crippen molar-refractivity contribution in [3.8, 4) is 11.3 Å². The molecule has 0 aliphatic carbocycles. The van der Waals surface area contributed by atoms with Crippen molar-refractivity contribution in [2.45, 2.75) is 39.9 Å². The minimum Gasteiger partial charge on any atom is -0.349 e. The number of carbonyl (C=O) groups excluding carboxylic acids is 1. The van der Waals surface area contributed by atoms with Gasteiger partial charge in [0, 0.05) is 18.7 Å². The van der Waals surface area contributed by atoms with Crippen LogP contribution in [-0.4, -0.2) is 26.7 Å². The van der Waals surface area contributed by atoms with Gasteiger partial charge in [-0.25, -0.2) is 4.98 Å². The molecule has 3 rings (SSSR count). The van der Waals surface area contributed by atoms with E-state index in [2.05, 4.69) is 15.4 Å². The lowest BCUT2D eigenvalue weighted by Crippen LogP contribution is -2.41. The molecule has 1 unspecified atom stereocenters. The molecule has 2 aromatic heterocycles. The monoisotopic (exact) mass is 404 g/mol. The van der Waals surface area contributed by atoms with Gasteiger partial charge < -0.3 is 5.32 Å². The normalized spacial score (nSPS) is 13.5. The number of fused-ring (bicyclic) bond motifs is 1. The van der Waals surface area contributed by atoms with Gasteiger partial charge in [-0.05, 0) is 24.5 Å². The highest BCUT2D eigenvalue weighted by atomic mass is 19.4. The molecule has 8 heteroatoms. The number of benzene rings is 1. The van der Waals surface area contributed by atoms with Gasteiger partial charge >= 0.3 is 6.18 Å². The third kappa shape index (κ3) is 4.11. The summed E-state index contributed by atoms with van der Waals surface area (Å²) >= 11 is 0. The largest absolute Gasteiger partial charge is 0.417 e. The zero-order chi connectivity index (χ0) is 21.6. The van der Waals surface area contributed by atoms with Crippen molar-refractivity contribution >= 4 is 16.9 Å². The van der Waals surface area contributed by atoms with Crippen LogP contribution in [0.1, 0.15) is 43.6 Å². The van der Waals surface area contributed by atoms with Gasteiger partial charge in [-0.3, -0.25) is 9.48 Å². The Hall–Kier alpha value is -2.90. The number of nitrogens with zero attached hydrogens (tertiary/aromatic N) is 3. The lowest BCUT2D eigenvalue weighted by Gasteiger charge is -2.28. The molecule has 29 heavy (non-hydrogen) atoms. The average Bonchev–Trinajstić information content (AvgIpc) is 3.00.